The molecule has 1 heterocycles. The van der Waals surface area contributed by atoms with Crippen LogP contribution in [0.2, 0.25) is 5.02 Å². The summed E-state index contributed by atoms with van der Waals surface area (Å²) in [5.41, 5.74) is 1.72. The number of esters is 1. The number of nitrogens with zero attached hydrogens (tertiary/aromatic N) is 1. The molecule has 1 aromatic carbocycles. The first kappa shape index (κ1) is 13.8. The first-order valence-electron chi connectivity index (χ1n) is 5.64. The summed E-state index contributed by atoms with van der Waals surface area (Å²) >= 11 is 7.32. The molecule has 6 heteroatoms. The van der Waals surface area contributed by atoms with E-state index in [2.05, 4.69) is 10.3 Å². The Kier molecular flexibility index (Phi) is 4.39. The second-order valence-electron chi connectivity index (χ2n) is 3.80. The minimum absolute atomic E-state index is 0.216. The van der Waals surface area contributed by atoms with Gasteiger partial charge in [-0.25, -0.2) is 4.98 Å². The standard InChI is InChI=1S/C13H13ClN2O2S/c1-15-13-16-12(8-3-5-9(14)6-4-8)10(19-13)7-11(17)18-2/h3-6H,7H2,1-2H3,(H,15,16). The molecule has 100 valence electrons. The lowest BCUT2D eigenvalue weighted by atomic mass is 10.1. The van der Waals surface area contributed by atoms with Gasteiger partial charge in [0.1, 0.15) is 0 Å². The Labute approximate surface area is 120 Å². The quantitative estimate of drug-likeness (QED) is 0.880. The summed E-state index contributed by atoms with van der Waals surface area (Å²) < 4.78 is 4.71. The molecular formula is C13H13ClN2O2S. The predicted molar refractivity (Wildman–Crippen MR) is 77.8 cm³/mol. The molecule has 0 aliphatic heterocycles. The average Bonchev–Trinajstić information content (AvgIpc) is 2.82. The molecule has 0 saturated carbocycles. The summed E-state index contributed by atoms with van der Waals surface area (Å²) in [6, 6.07) is 7.38. The molecule has 19 heavy (non-hydrogen) atoms. The number of halogens is 1. The van der Waals surface area contributed by atoms with Crippen molar-refractivity contribution in [3.63, 3.8) is 0 Å². The first-order chi connectivity index (χ1) is 9.13. The number of anilines is 1. The van der Waals surface area contributed by atoms with Crippen molar-refractivity contribution in [2.24, 2.45) is 0 Å². The fourth-order valence-corrected chi connectivity index (χ4v) is 2.66. The number of aromatic nitrogens is 1. The Balaban J connectivity index is 2.40. The zero-order valence-corrected chi connectivity index (χ0v) is 12.1. The molecule has 2 aromatic rings. The maximum atomic E-state index is 11.4. The molecule has 2 rings (SSSR count). The van der Waals surface area contributed by atoms with Crippen LogP contribution in [0.4, 0.5) is 5.13 Å². The number of hydrogen-bond donors (Lipinski definition) is 1. The van der Waals surface area contributed by atoms with E-state index in [-0.39, 0.29) is 12.4 Å². The van der Waals surface area contributed by atoms with Crippen LogP contribution in [0.3, 0.4) is 0 Å². The predicted octanol–water partition coefficient (Wildman–Crippen LogP) is 3.22. The van der Waals surface area contributed by atoms with E-state index in [0.717, 1.165) is 21.3 Å². The Hall–Kier alpha value is -1.59. The molecular weight excluding hydrogens is 284 g/mol. The fraction of sp³-hybridized carbons (Fsp3) is 0.231. The number of hydrogen-bond acceptors (Lipinski definition) is 5. The number of thiazole rings is 1. The van der Waals surface area contributed by atoms with Gasteiger partial charge in [0.2, 0.25) is 0 Å². The van der Waals surface area contributed by atoms with Gasteiger partial charge in [0.05, 0.1) is 19.2 Å². The van der Waals surface area contributed by atoms with E-state index < -0.39 is 0 Å². The van der Waals surface area contributed by atoms with Crippen LogP contribution < -0.4 is 5.32 Å². The largest absolute Gasteiger partial charge is 0.469 e. The monoisotopic (exact) mass is 296 g/mol. The lowest BCUT2D eigenvalue weighted by Crippen LogP contribution is -2.03. The van der Waals surface area contributed by atoms with Crippen molar-refractivity contribution in [1.82, 2.24) is 4.98 Å². The van der Waals surface area contributed by atoms with Crippen LogP contribution in [0.15, 0.2) is 24.3 Å². The number of nitrogens with one attached hydrogen (secondary N) is 1. The van der Waals surface area contributed by atoms with Crippen molar-refractivity contribution in [2.45, 2.75) is 6.42 Å². The van der Waals surface area contributed by atoms with Crippen LogP contribution in [-0.2, 0) is 16.0 Å². The van der Waals surface area contributed by atoms with Crippen LogP contribution in [0.5, 0.6) is 0 Å². The highest BCUT2D eigenvalue weighted by Crippen LogP contribution is 2.32. The molecule has 0 bridgehead atoms. The molecule has 0 saturated heterocycles. The van der Waals surface area contributed by atoms with E-state index in [1.807, 2.05) is 12.1 Å². The third-order valence-corrected chi connectivity index (χ3v) is 3.89. The highest BCUT2D eigenvalue weighted by molar-refractivity contribution is 7.16. The average molecular weight is 297 g/mol. The third-order valence-electron chi connectivity index (χ3n) is 2.56. The van der Waals surface area contributed by atoms with E-state index in [1.165, 1.54) is 18.4 Å². The van der Waals surface area contributed by atoms with Crippen molar-refractivity contribution in [2.75, 3.05) is 19.5 Å². The number of carbonyl (C=O) groups excluding carboxylic acids is 1. The number of rotatable bonds is 4. The molecule has 1 aromatic heterocycles. The number of benzene rings is 1. The SMILES string of the molecule is CNc1nc(-c2ccc(Cl)cc2)c(CC(=O)OC)s1. The molecule has 0 spiro atoms. The molecule has 0 atom stereocenters. The number of methoxy groups -OCH3 is 1. The van der Waals surface area contributed by atoms with Gasteiger partial charge in [-0.15, -0.1) is 11.3 Å². The highest BCUT2D eigenvalue weighted by Gasteiger charge is 2.16. The van der Waals surface area contributed by atoms with Gasteiger partial charge in [-0.05, 0) is 12.1 Å². The molecule has 1 N–H and O–H groups in total. The Morgan fingerprint density at radius 2 is 2.11 bits per heavy atom. The summed E-state index contributed by atoms with van der Waals surface area (Å²) in [7, 11) is 3.18. The molecule has 0 aliphatic rings. The maximum Gasteiger partial charge on any atom is 0.310 e. The smallest absolute Gasteiger partial charge is 0.310 e. The minimum Gasteiger partial charge on any atom is -0.469 e. The molecule has 0 aliphatic carbocycles. The van der Waals surface area contributed by atoms with Crippen LogP contribution in [0, 0.1) is 0 Å². The Morgan fingerprint density at radius 3 is 2.68 bits per heavy atom. The van der Waals surface area contributed by atoms with E-state index in [4.69, 9.17) is 16.3 Å². The van der Waals surface area contributed by atoms with Gasteiger partial charge in [0.25, 0.3) is 0 Å². The van der Waals surface area contributed by atoms with Crippen molar-refractivity contribution in [3.8, 4) is 11.3 Å². The summed E-state index contributed by atoms with van der Waals surface area (Å²) in [6.45, 7) is 0. The summed E-state index contributed by atoms with van der Waals surface area (Å²) in [5.74, 6) is -0.276. The van der Waals surface area contributed by atoms with Gasteiger partial charge in [0, 0.05) is 22.5 Å². The number of carbonyl (C=O) groups is 1. The first-order valence-corrected chi connectivity index (χ1v) is 6.83. The van der Waals surface area contributed by atoms with Crippen LogP contribution in [-0.4, -0.2) is 25.1 Å². The van der Waals surface area contributed by atoms with Gasteiger partial charge >= 0.3 is 5.97 Å². The van der Waals surface area contributed by atoms with Crippen LogP contribution in [0.1, 0.15) is 4.88 Å². The highest BCUT2D eigenvalue weighted by atomic mass is 35.5. The third kappa shape index (κ3) is 3.24. The maximum absolute atomic E-state index is 11.4. The molecule has 0 amide bonds. The Morgan fingerprint density at radius 1 is 1.42 bits per heavy atom. The summed E-state index contributed by atoms with van der Waals surface area (Å²) in [4.78, 5) is 16.8. The normalized spacial score (nSPS) is 10.3. The molecule has 4 nitrogen and oxygen atoms in total. The van der Waals surface area contributed by atoms with E-state index in [1.54, 1.807) is 19.2 Å². The summed E-state index contributed by atoms with van der Waals surface area (Å²) in [6.07, 6.45) is 0.216. The van der Waals surface area contributed by atoms with Crippen molar-refractivity contribution >= 4 is 34.0 Å². The van der Waals surface area contributed by atoms with Crippen molar-refractivity contribution in [3.05, 3.63) is 34.2 Å². The van der Waals surface area contributed by atoms with E-state index in [0.29, 0.717) is 5.02 Å². The fourth-order valence-electron chi connectivity index (χ4n) is 1.62. The zero-order valence-electron chi connectivity index (χ0n) is 10.6. The second-order valence-corrected chi connectivity index (χ2v) is 5.32. The molecule has 0 radical (unpaired) electrons. The van der Waals surface area contributed by atoms with Gasteiger partial charge in [-0.3, -0.25) is 4.79 Å². The number of ether oxygens (including phenoxy) is 1. The summed E-state index contributed by atoms with van der Waals surface area (Å²) in [5, 5.41) is 4.43. The lowest BCUT2D eigenvalue weighted by Gasteiger charge is -2.01. The van der Waals surface area contributed by atoms with Crippen molar-refractivity contribution < 1.29 is 9.53 Å². The van der Waals surface area contributed by atoms with Gasteiger partial charge < -0.3 is 10.1 Å². The second kappa shape index (κ2) is 6.04. The zero-order chi connectivity index (χ0) is 13.8. The Bertz CT molecular complexity index is 581. The van der Waals surface area contributed by atoms with Crippen LogP contribution >= 0.6 is 22.9 Å². The van der Waals surface area contributed by atoms with E-state index in [9.17, 15) is 4.79 Å². The van der Waals surface area contributed by atoms with Gasteiger partial charge in [-0.2, -0.15) is 0 Å². The van der Waals surface area contributed by atoms with Crippen LogP contribution in [0.25, 0.3) is 11.3 Å². The van der Waals surface area contributed by atoms with Gasteiger partial charge in [-0.1, -0.05) is 23.7 Å². The lowest BCUT2D eigenvalue weighted by molar-refractivity contribution is -0.139. The topological polar surface area (TPSA) is 51.2 Å². The van der Waals surface area contributed by atoms with Gasteiger partial charge in [0.15, 0.2) is 5.13 Å². The van der Waals surface area contributed by atoms with Crippen molar-refractivity contribution in [1.29, 1.82) is 0 Å². The minimum atomic E-state index is -0.276. The molecule has 0 fully saturated rings. The molecule has 0 unspecified atom stereocenters. The van der Waals surface area contributed by atoms with E-state index >= 15 is 0 Å².